The molecule has 22 heavy (non-hydrogen) atoms. The molecule has 1 aliphatic rings. The molecule has 1 aromatic carbocycles. The predicted octanol–water partition coefficient (Wildman–Crippen LogP) is 1.05. The van der Waals surface area contributed by atoms with Crippen molar-refractivity contribution in [3.05, 3.63) is 35.4 Å². The molecular formula is C13H10F3NO5. The highest BCUT2D eigenvalue weighted by Crippen LogP contribution is 2.36. The van der Waals surface area contributed by atoms with Gasteiger partial charge in [-0.15, -0.1) is 0 Å². The lowest BCUT2D eigenvalue weighted by molar-refractivity contribution is -0.263. The Bertz CT molecular complexity index is 622. The highest BCUT2D eigenvalue weighted by atomic mass is 19.4. The number of hydrogen-bond donors (Lipinski definition) is 2. The average molecular weight is 317 g/mol. The summed E-state index contributed by atoms with van der Waals surface area (Å²) in [5.74, 6) is -3.92. The number of halogens is 3. The van der Waals surface area contributed by atoms with E-state index in [4.69, 9.17) is 5.11 Å². The maximum atomic E-state index is 12.9. The molecule has 0 spiro atoms. The van der Waals surface area contributed by atoms with Gasteiger partial charge in [-0.2, -0.15) is 13.2 Å². The fourth-order valence-corrected chi connectivity index (χ4v) is 2.14. The third kappa shape index (κ3) is 2.54. The first kappa shape index (κ1) is 16.0. The summed E-state index contributed by atoms with van der Waals surface area (Å²) in [7, 11) is 0. The van der Waals surface area contributed by atoms with Crippen molar-refractivity contribution < 1.29 is 37.8 Å². The summed E-state index contributed by atoms with van der Waals surface area (Å²) < 4.78 is 38.8. The largest absolute Gasteiger partial charge is 0.481 e. The van der Waals surface area contributed by atoms with E-state index in [0.29, 0.717) is 0 Å². The molecule has 2 N–H and O–H groups in total. The lowest BCUT2D eigenvalue weighted by Crippen LogP contribution is -2.55. The molecule has 0 unspecified atom stereocenters. The average Bonchev–Trinajstić information content (AvgIpc) is 2.62. The lowest BCUT2D eigenvalue weighted by atomic mass is 9.98. The second-order valence-corrected chi connectivity index (χ2v) is 4.84. The maximum Gasteiger partial charge on any atom is 0.419 e. The molecule has 1 atom stereocenters. The third-order valence-electron chi connectivity index (χ3n) is 3.27. The number of imide groups is 1. The summed E-state index contributed by atoms with van der Waals surface area (Å²) in [5.41, 5.74) is -3.90. The number of β-amino-alcohol motifs (C(OH)–C–C–N with tert-alkyl or cyclic N) is 1. The van der Waals surface area contributed by atoms with Crippen molar-refractivity contribution >= 4 is 17.8 Å². The molecule has 1 aromatic rings. The van der Waals surface area contributed by atoms with Gasteiger partial charge in [0.25, 0.3) is 11.8 Å². The van der Waals surface area contributed by atoms with E-state index in [1.165, 1.54) is 24.3 Å². The van der Waals surface area contributed by atoms with Crippen LogP contribution < -0.4 is 0 Å². The minimum absolute atomic E-state index is 0.0904. The topological polar surface area (TPSA) is 94.9 Å². The Morgan fingerprint density at radius 2 is 1.55 bits per heavy atom. The quantitative estimate of drug-likeness (QED) is 0.810. The van der Waals surface area contributed by atoms with Crippen LogP contribution in [-0.2, 0) is 4.79 Å². The molecule has 0 aliphatic carbocycles. The van der Waals surface area contributed by atoms with Crippen molar-refractivity contribution in [1.82, 2.24) is 4.90 Å². The smallest absolute Gasteiger partial charge is 0.419 e. The lowest BCUT2D eigenvalue weighted by Gasteiger charge is -2.32. The van der Waals surface area contributed by atoms with E-state index in [1.54, 1.807) is 0 Å². The van der Waals surface area contributed by atoms with E-state index in [-0.39, 0.29) is 16.0 Å². The van der Waals surface area contributed by atoms with Gasteiger partial charge in [0.1, 0.15) is 0 Å². The van der Waals surface area contributed by atoms with Crippen LogP contribution in [0.3, 0.4) is 0 Å². The molecule has 6 nitrogen and oxygen atoms in total. The van der Waals surface area contributed by atoms with E-state index < -0.39 is 42.5 Å². The Labute approximate surface area is 121 Å². The fourth-order valence-electron chi connectivity index (χ4n) is 2.14. The molecule has 0 saturated carbocycles. The van der Waals surface area contributed by atoms with Gasteiger partial charge in [0, 0.05) is 0 Å². The molecule has 2 amide bonds. The zero-order valence-corrected chi connectivity index (χ0v) is 10.9. The number of fused-ring (bicyclic) bond motifs is 1. The maximum absolute atomic E-state index is 12.9. The van der Waals surface area contributed by atoms with Gasteiger partial charge in [-0.3, -0.25) is 19.3 Å². The first-order valence-corrected chi connectivity index (χ1v) is 6.03. The highest BCUT2D eigenvalue weighted by molar-refractivity contribution is 6.21. The summed E-state index contributed by atoms with van der Waals surface area (Å²) in [6, 6.07) is 5.39. The first-order chi connectivity index (χ1) is 10.1. The summed E-state index contributed by atoms with van der Waals surface area (Å²) in [4.78, 5) is 34.7. The Morgan fingerprint density at radius 1 is 1.09 bits per heavy atom. The number of alkyl halides is 3. The Kier molecular flexibility index (Phi) is 3.69. The number of aliphatic hydroxyl groups is 1. The molecule has 118 valence electrons. The summed E-state index contributed by atoms with van der Waals surface area (Å²) in [6.45, 7) is -1.48. The van der Waals surface area contributed by atoms with Crippen molar-refractivity contribution in [3.63, 3.8) is 0 Å². The number of carboxylic acids is 1. The molecule has 0 bridgehead atoms. The van der Waals surface area contributed by atoms with Gasteiger partial charge < -0.3 is 10.2 Å². The number of rotatable bonds is 4. The van der Waals surface area contributed by atoms with Crippen LogP contribution >= 0.6 is 0 Å². The van der Waals surface area contributed by atoms with Gasteiger partial charge in [0.05, 0.1) is 24.1 Å². The van der Waals surface area contributed by atoms with Crippen LogP contribution in [0.5, 0.6) is 0 Å². The number of benzene rings is 1. The fraction of sp³-hybridized carbons (Fsp3) is 0.308. The van der Waals surface area contributed by atoms with Gasteiger partial charge in [0.15, 0.2) is 5.60 Å². The molecule has 0 aromatic heterocycles. The van der Waals surface area contributed by atoms with Crippen LogP contribution in [0.4, 0.5) is 13.2 Å². The Morgan fingerprint density at radius 3 is 1.91 bits per heavy atom. The normalized spacial score (nSPS) is 17.4. The van der Waals surface area contributed by atoms with E-state index in [9.17, 15) is 32.7 Å². The number of hydrogen-bond acceptors (Lipinski definition) is 4. The summed E-state index contributed by atoms with van der Waals surface area (Å²) in [5, 5.41) is 18.2. The zero-order chi connectivity index (χ0) is 16.7. The SMILES string of the molecule is O=C(O)C[C@](O)(CN1C(=O)c2ccccc2C1=O)C(F)(F)F. The number of aliphatic carboxylic acids is 1. The standard InChI is InChI=1S/C13H10F3NO5/c14-13(15,16)12(22,5-9(18)19)6-17-10(20)7-3-1-2-4-8(7)11(17)21/h1-4,22H,5-6H2,(H,18,19)/t12-/m0/s1. The molecule has 0 saturated heterocycles. The monoisotopic (exact) mass is 317 g/mol. The minimum atomic E-state index is -5.32. The van der Waals surface area contributed by atoms with Crippen molar-refractivity contribution in [1.29, 1.82) is 0 Å². The second-order valence-electron chi connectivity index (χ2n) is 4.84. The van der Waals surface area contributed by atoms with Crippen LogP contribution in [0.25, 0.3) is 0 Å². The first-order valence-electron chi connectivity index (χ1n) is 6.03. The van der Waals surface area contributed by atoms with Crippen molar-refractivity contribution in [3.8, 4) is 0 Å². The molecule has 0 fully saturated rings. The van der Waals surface area contributed by atoms with Gasteiger partial charge in [0.2, 0.25) is 0 Å². The molecule has 2 rings (SSSR count). The third-order valence-corrected chi connectivity index (χ3v) is 3.27. The van der Waals surface area contributed by atoms with Crippen molar-refractivity contribution in [2.24, 2.45) is 0 Å². The van der Waals surface area contributed by atoms with E-state index in [0.717, 1.165) is 0 Å². The molecule has 1 heterocycles. The molecule has 9 heteroatoms. The zero-order valence-electron chi connectivity index (χ0n) is 10.9. The number of amides is 2. The van der Waals surface area contributed by atoms with Gasteiger partial charge >= 0.3 is 12.1 Å². The van der Waals surface area contributed by atoms with Crippen LogP contribution in [0.1, 0.15) is 27.1 Å². The minimum Gasteiger partial charge on any atom is -0.481 e. The van der Waals surface area contributed by atoms with E-state index >= 15 is 0 Å². The van der Waals surface area contributed by atoms with E-state index in [2.05, 4.69) is 0 Å². The highest BCUT2D eigenvalue weighted by Gasteiger charge is 2.57. The van der Waals surface area contributed by atoms with Crippen LogP contribution in [0, 0.1) is 0 Å². The molecular weight excluding hydrogens is 307 g/mol. The van der Waals surface area contributed by atoms with Crippen LogP contribution in [0.15, 0.2) is 24.3 Å². The molecule has 0 radical (unpaired) electrons. The Hall–Kier alpha value is -2.42. The van der Waals surface area contributed by atoms with Gasteiger partial charge in [-0.1, -0.05) is 12.1 Å². The number of carboxylic acid groups (broad SMARTS) is 1. The Balaban J connectivity index is 2.35. The van der Waals surface area contributed by atoms with Crippen molar-refractivity contribution in [2.75, 3.05) is 6.54 Å². The van der Waals surface area contributed by atoms with Crippen LogP contribution in [-0.4, -0.2) is 51.2 Å². The predicted molar refractivity (Wildman–Crippen MR) is 65.1 cm³/mol. The summed E-state index contributed by atoms with van der Waals surface area (Å²) in [6.07, 6.45) is -7.00. The second kappa shape index (κ2) is 5.09. The number of nitrogens with zero attached hydrogens (tertiary/aromatic N) is 1. The number of carbonyl (C=O) groups excluding carboxylic acids is 2. The van der Waals surface area contributed by atoms with Crippen LogP contribution in [0.2, 0.25) is 0 Å². The number of carbonyl (C=O) groups is 3. The van der Waals surface area contributed by atoms with Gasteiger partial charge in [-0.25, -0.2) is 0 Å². The summed E-state index contributed by atoms with van der Waals surface area (Å²) >= 11 is 0. The van der Waals surface area contributed by atoms with Gasteiger partial charge in [-0.05, 0) is 12.1 Å². The van der Waals surface area contributed by atoms with E-state index in [1.807, 2.05) is 0 Å². The molecule has 1 aliphatic heterocycles. The van der Waals surface area contributed by atoms with Crippen molar-refractivity contribution in [2.45, 2.75) is 18.2 Å².